The van der Waals surface area contributed by atoms with Gasteiger partial charge in [-0.3, -0.25) is 37.3 Å². The Labute approximate surface area is 607 Å². The lowest BCUT2D eigenvalue weighted by Gasteiger charge is -2.21. The molecule has 5 atom stereocenters. The summed E-state index contributed by atoms with van der Waals surface area (Å²) < 4.78 is 68.5. The molecule has 19 heteroatoms. The number of phosphoric ester groups is 2. The summed E-state index contributed by atoms with van der Waals surface area (Å²) in [5, 5.41) is 10.6. The van der Waals surface area contributed by atoms with Crippen LogP contribution in [0.5, 0.6) is 0 Å². The van der Waals surface area contributed by atoms with Crippen LogP contribution in [0.2, 0.25) is 0 Å². The van der Waals surface area contributed by atoms with Gasteiger partial charge in [0.15, 0.2) is 12.2 Å². The Bertz CT molecular complexity index is 2320. The maximum absolute atomic E-state index is 13.1. The number of allylic oxidation sites excluding steroid dienone is 18. The third-order valence-corrected chi connectivity index (χ3v) is 18.1. The van der Waals surface area contributed by atoms with E-state index in [1.807, 2.05) is 0 Å². The molecule has 0 fully saturated rings. The number of unbranched alkanes of at least 4 members (excludes halogenated alkanes) is 29. The second-order valence-corrected chi connectivity index (χ2v) is 28.8. The van der Waals surface area contributed by atoms with Gasteiger partial charge < -0.3 is 33.8 Å². The molecule has 0 bridgehead atoms. The topological polar surface area (TPSA) is 237 Å². The number of ether oxygens (including phenoxy) is 4. The van der Waals surface area contributed by atoms with Gasteiger partial charge in [0.1, 0.15) is 19.3 Å². The molecule has 0 aliphatic heterocycles. The summed E-state index contributed by atoms with van der Waals surface area (Å²) in [5.74, 6) is -2.25. The quantitative estimate of drug-likeness (QED) is 0.0169. The van der Waals surface area contributed by atoms with Gasteiger partial charge in [0, 0.05) is 25.7 Å². The van der Waals surface area contributed by atoms with Crippen molar-refractivity contribution in [1.82, 2.24) is 0 Å². The number of hydrogen-bond acceptors (Lipinski definition) is 15. The predicted molar refractivity (Wildman–Crippen MR) is 408 cm³/mol. The molecule has 0 saturated heterocycles. The van der Waals surface area contributed by atoms with E-state index >= 15 is 0 Å². The number of phosphoric acid groups is 2. The lowest BCUT2D eigenvalue weighted by Crippen LogP contribution is -2.30. The van der Waals surface area contributed by atoms with E-state index in [-0.39, 0.29) is 25.7 Å². The highest BCUT2D eigenvalue weighted by Crippen LogP contribution is 2.45. The molecule has 0 aliphatic carbocycles. The first-order chi connectivity index (χ1) is 48.7. The highest BCUT2D eigenvalue weighted by Gasteiger charge is 2.30. The van der Waals surface area contributed by atoms with Crippen molar-refractivity contribution in [2.45, 2.75) is 341 Å². The van der Waals surface area contributed by atoms with Gasteiger partial charge in [-0.2, -0.15) is 0 Å². The van der Waals surface area contributed by atoms with Gasteiger partial charge in [-0.05, 0) is 128 Å². The molecule has 5 unspecified atom stereocenters. The fourth-order valence-electron chi connectivity index (χ4n) is 10.3. The van der Waals surface area contributed by atoms with Crippen molar-refractivity contribution in [2.75, 3.05) is 39.6 Å². The van der Waals surface area contributed by atoms with Crippen molar-refractivity contribution in [3.8, 4) is 0 Å². The molecule has 0 spiro atoms. The Morgan fingerprint density at radius 3 is 0.840 bits per heavy atom. The van der Waals surface area contributed by atoms with Gasteiger partial charge in [-0.15, -0.1) is 0 Å². The van der Waals surface area contributed by atoms with Crippen molar-refractivity contribution >= 4 is 39.5 Å². The molecule has 0 saturated carbocycles. The van der Waals surface area contributed by atoms with E-state index in [9.17, 15) is 43.2 Å². The van der Waals surface area contributed by atoms with Crippen LogP contribution in [0.1, 0.15) is 323 Å². The van der Waals surface area contributed by atoms with E-state index in [0.717, 1.165) is 141 Å². The molecule has 0 heterocycles. The predicted octanol–water partition coefficient (Wildman–Crippen LogP) is 22.6. The van der Waals surface area contributed by atoms with E-state index < -0.39 is 97.5 Å². The summed E-state index contributed by atoms with van der Waals surface area (Å²) in [6, 6.07) is 0. The molecule has 3 N–H and O–H groups in total. The molecule has 17 nitrogen and oxygen atoms in total. The first kappa shape index (κ1) is 95.7. The van der Waals surface area contributed by atoms with Crippen LogP contribution >= 0.6 is 15.6 Å². The lowest BCUT2D eigenvalue weighted by atomic mass is 10.0. The minimum absolute atomic E-state index is 0.0355. The van der Waals surface area contributed by atoms with Gasteiger partial charge >= 0.3 is 39.5 Å². The van der Waals surface area contributed by atoms with E-state index in [4.69, 9.17) is 37.0 Å². The molecule has 0 radical (unpaired) electrons. The van der Waals surface area contributed by atoms with E-state index in [1.54, 1.807) is 0 Å². The van der Waals surface area contributed by atoms with E-state index in [2.05, 4.69) is 137 Å². The van der Waals surface area contributed by atoms with Crippen LogP contribution < -0.4 is 0 Å². The maximum atomic E-state index is 13.1. The minimum Gasteiger partial charge on any atom is -0.462 e. The summed E-state index contributed by atoms with van der Waals surface area (Å²) in [7, 11) is -9.97. The van der Waals surface area contributed by atoms with Crippen molar-refractivity contribution < 1.29 is 80.2 Å². The van der Waals surface area contributed by atoms with Gasteiger partial charge in [-0.25, -0.2) is 9.13 Å². The number of esters is 4. The Kier molecular flexibility index (Phi) is 69.9. The molecule has 0 aromatic rings. The minimum atomic E-state index is -4.99. The maximum Gasteiger partial charge on any atom is 0.472 e. The van der Waals surface area contributed by atoms with Crippen molar-refractivity contribution in [1.29, 1.82) is 0 Å². The Balaban J connectivity index is 5.39. The monoisotopic (exact) mass is 1450 g/mol. The molecular weight excluding hydrogens is 1310 g/mol. The third-order valence-electron chi connectivity index (χ3n) is 16.2. The van der Waals surface area contributed by atoms with E-state index in [1.165, 1.54) is 96.3 Å². The zero-order chi connectivity index (χ0) is 73.2. The van der Waals surface area contributed by atoms with Crippen molar-refractivity contribution in [3.63, 3.8) is 0 Å². The molecule has 0 aromatic heterocycles. The van der Waals surface area contributed by atoms with Crippen LogP contribution in [-0.2, 0) is 65.4 Å². The van der Waals surface area contributed by atoms with Crippen molar-refractivity contribution in [2.24, 2.45) is 0 Å². The number of rotatable bonds is 73. The lowest BCUT2D eigenvalue weighted by molar-refractivity contribution is -0.161. The number of carbonyl (C=O) groups is 4. The fourth-order valence-corrected chi connectivity index (χ4v) is 11.9. The summed E-state index contributed by atoms with van der Waals surface area (Å²) in [5.41, 5.74) is 0. The Hall–Kier alpha value is -4.28. The van der Waals surface area contributed by atoms with Crippen molar-refractivity contribution in [3.05, 3.63) is 109 Å². The molecule has 0 rings (SSSR count). The van der Waals surface area contributed by atoms with Crippen LogP contribution in [0, 0.1) is 0 Å². The summed E-state index contributed by atoms with van der Waals surface area (Å²) >= 11 is 0. The zero-order valence-corrected chi connectivity index (χ0v) is 64.6. The van der Waals surface area contributed by atoms with Gasteiger partial charge in [0.05, 0.1) is 26.4 Å². The molecular formula is C81H140O17P2. The average Bonchev–Trinajstić information content (AvgIpc) is 1.06. The van der Waals surface area contributed by atoms with Crippen LogP contribution in [-0.4, -0.2) is 96.7 Å². The standard InChI is InChI=1S/C81H140O17P2/c1-5-9-13-17-21-25-29-33-36-37-40-43-46-50-54-58-62-66-79(84)92-72-77(98-81(86)68-64-60-56-52-48-44-39-35-31-27-23-19-15-11-7-3)74-96-100(89,90)94-70-75(82)69-93-99(87,88)95-73-76(97-80(85)67-63-59-55-51-47-41-32-28-24-20-16-12-8-4)71-91-78(83)65-61-57-53-49-45-42-38-34-30-26-22-18-14-10-6-2/h9,11,13,15,21,23,25,27-28,32-33,35-36,39-40,43,48,52,75-77,82H,5-8,10,12,14,16-20,22,24,26,29-31,34,37-38,41-42,44-47,49-51,53-74H2,1-4H3,(H,87,88)(H,89,90)/b13-9-,15-11-,25-21-,27-23-,32-28-,36-33-,39-35-,43-40-,52-48-. The van der Waals surface area contributed by atoms with Gasteiger partial charge in [0.25, 0.3) is 0 Å². The number of aliphatic hydroxyl groups excluding tert-OH is 1. The molecule has 100 heavy (non-hydrogen) atoms. The summed E-state index contributed by atoms with van der Waals surface area (Å²) in [4.78, 5) is 72.9. The SMILES string of the molecule is CC/C=C\C/C=C\C/C=C\C/C=C\CCCCCCC(=O)OCC(COP(=O)(O)OCC(O)COP(=O)(O)OCC(COC(=O)CCCCCCCCCCCCCCCCC)OC(=O)CCCCCCC/C=C\CCCCCC)OC(=O)CCCC/C=C\C/C=C\C/C=C\C/C=C\CC. The van der Waals surface area contributed by atoms with Gasteiger partial charge in [-0.1, -0.05) is 278 Å². The highest BCUT2D eigenvalue weighted by molar-refractivity contribution is 7.47. The molecule has 576 valence electrons. The van der Waals surface area contributed by atoms with Crippen LogP contribution in [0.3, 0.4) is 0 Å². The Morgan fingerprint density at radius 2 is 0.520 bits per heavy atom. The van der Waals surface area contributed by atoms with Crippen LogP contribution in [0.4, 0.5) is 0 Å². The average molecular weight is 1450 g/mol. The Morgan fingerprint density at radius 1 is 0.290 bits per heavy atom. The largest absolute Gasteiger partial charge is 0.472 e. The second kappa shape index (κ2) is 73.0. The van der Waals surface area contributed by atoms with E-state index in [0.29, 0.717) is 32.1 Å². The van der Waals surface area contributed by atoms with Gasteiger partial charge in [0.2, 0.25) is 0 Å². The normalized spacial score (nSPS) is 14.5. The number of carbonyl (C=O) groups excluding carboxylic acids is 4. The summed E-state index contributed by atoms with van der Waals surface area (Å²) in [6.45, 7) is 4.57. The highest BCUT2D eigenvalue weighted by atomic mass is 31.2. The molecule has 0 aliphatic rings. The van der Waals surface area contributed by atoms with Crippen LogP contribution in [0.25, 0.3) is 0 Å². The molecule has 0 aromatic carbocycles. The third kappa shape index (κ3) is 72.1. The number of hydrogen-bond donors (Lipinski definition) is 3. The smallest absolute Gasteiger partial charge is 0.462 e. The fraction of sp³-hybridized carbons (Fsp3) is 0.728. The zero-order valence-electron chi connectivity index (χ0n) is 62.8. The first-order valence-electron chi connectivity index (χ1n) is 39.1. The molecule has 0 amide bonds. The number of aliphatic hydroxyl groups is 1. The second-order valence-electron chi connectivity index (χ2n) is 25.9. The first-order valence-corrected chi connectivity index (χ1v) is 42.1. The van der Waals surface area contributed by atoms with Crippen LogP contribution in [0.15, 0.2) is 109 Å². The summed E-state index contributed by atoms with van der Waals surface area (Å²) in [6.07, 6.45) is 77.9.